The molecule has 18 heavy (non-hydrogen) atoms. The third kappa shape index (κ3) is 1.32. The lowest BCUT2D eigenvalue weighted by atomic mass is 10.0. The van der Waals surface area contributed by atoms with Crippen LogP contribution in [0.3, 0.4) is 0 Å². The van der Waals surface area contributed by atoms with E-state index >= 15 is 0 Å². The van der Waals surface area contributed by atoms with E-state index in [2.05, 4.69) is 65.4 Å². The zero-order chi connectivity index (χ0) is 11.9. The highest BCUT2D eigenvalue weighted by Crippen LogP contribution is 2.29. The van der Waals surface area contributed by atoms with Gasteiger partial charge in [0.1, 0.15) is 5.82 Å². The summed E-state index contributed by atoms with van der Waals surface area (Å²) >= 11 is 0. The molecule has 1 aliphatic heterocycles. The molecule has 0 radical (unpaired) electrons. The van der Waals surface area contributed by atoms with Gasteiger partial charge in [-0.3, -0.25) is 0 Å². The molecule has 0 bridgehead atoms. The van der Waals surface area contributed by atoms with Crippen LogP contribution >= 0.6 is 0 Å². The van der Waals surface area contributed by atoms with Gasteiger partial charge in [-0.15, -0.1) is 0 Å². The van der Waals surface area contributed by atoms with E-state index in [1.807, 2.05) is 0 Å². The van der Waals surface area contributed by atoms with Crippen molar-refractivity contribution in [1.29, 1.82) is 0 Å². The predicted octanol–water partition coefficient (Wildman–Crippen LogP) is 4.08. The van der Waals surface area contributed by atoms with E-state index in [0.29, 0.717) is 0 Å². The van der Waals surface area contributed by atoms with Crippen LogP contribution < -0.4 is 0 Å². The molecule has 2 aliphatic rings. The first-order valence-electron chi connectivity index (χ1n) is 6.16. The Morgan fingerprint density at radius 1 is 1.11 bits per heavy atom. The molecule has 0 spiro atoms. The van der Waals surface area contributed by atoms with Gasteiger partial charge in [-0.1, -0.05) is 30.4 Å². The highest BCUT2D eigenvalue weighted by Gasteiger charge is 2.12. The van der Waals surface area contributed by atoms with Crippen LogP contribution in [-0.2, 0) is 0 Å². The minimum absolute atomic E-state index is 0.994. The normalized spacial score (nSPS) is 16.9. The van der Waals surface area contributed by atoms with Crippen LogP contribution in [0.1, 0.15) is 6.42 Å². The lowest BCUT2D eigenvalue weighted by molar-refractivity contribution is 1.20. The third-order valence-electron chi connectivity index (χ3n) is 3.41. The molecule has 86 valence electrons. The molecule has 1 aliphatic carbocycles. The summed E-state index contributed by atoms with van der Waals surface area (Å²) in [4.78, 5) is 4.76. The van der Waals surface area contributed by atoms with Gasteiger partial charge in [-0.05, 0) is 36.3 Å². The summed E-state index contributed by atoms with van der Waals surface area (Å²) in [5, 5.41) is 1.23. The number of allylic oxidation sites excluding steroid dienone is 5. The molecule has 2 aromatic rings. The summed E-state index contributed by atoms with van der Waals surface area (Å²) in [7, 11) is 0. The predicted molar refractivity (Wildman–Crippen MR) is 76.2 cm³/mol. The number of nitrogens with zero attached hydrogens (tertiary/aromatic N) is 2. The molecule has 2 heterocycles. The first-order chi connectivity index (χ1) is 8.92. The first-order valence-corrected chi connectivity index (χ1v) is 6.16. The number of fused-ring (bicyclic) bond motifs is 4. The molecule has 2 heteroatoms. The number of benzene rings is 1. The molecular formula is C16H12N2. The Hall–Kier alpha value is -2.35. The van der Waals surface area contributed by atoms with Gasteiger partial charge in [0.2, 0.25) is 0 Å². The molecule has 0 atom stereocenters. The molecular weight excluding hydrogens is 220 g/mol. The van der Waals surface area contributed by atoms with Gasteiger partial charge in [-0.25, -0.2) is 4.99 Å². The van der Waals surface area contributed by atoms with Crippen molar-refractivity contribution in [3.05, 3.63) is 60.2 Å². The van der Waals surface area contributed by atoms with E-state index in [9.17, 15) is 0 Å². The Morgan fingerprint density at radius 3 is 3.06 bits per heavy atom. The van der Waals surface area contributed by atoms with Gasteiger partial charge in [-0.2, -0.15) is 0 Å². The minimum Gasteiger partial charge on any atom is -0.301 e. The molecule has 2 nitrogen and oxygen atoms in total. The first kappa shape index (κ1) is 9.66. The summed E-state index contributed by atoms with van der Waals surface area (Å²) in [5.74, 6) is 0.998. The molecule has 0 N–H and O–H groups in total. The molecule has 0 unspecified atom stereocenters. The van der Waals surface area contributed by atoms with Crippen LogP contribution in [0, 0.1) is 0 Å². The van der Waals surface area contributed by atoms with E-state index in [4.69, 9.17) is 4.99 Å². The van der Waals surface area contributed by atoms with Gasteiger partial charge < -0.3 is 4.57 Å². The molecule has 1 aromatic carbocycles. The lowest BCUT2D eigenvalue weighted by Crippen LogP contribution is -1.98. The van der Waals surface area contributed by atoms with Crippen molar-refractivity contribution in [2.45, 2.75) is 6.42 Å². The minimum atomic E-state index is 0.994. The summed E-state index contributed by atoms with van der Waals surface area (Å²) in [6.45, 7) is 0. The number of hydrogen-bond acceptors (Lipinski definition) is 1. The number of rotatable bonds is 0. The third-order valence-corrected chi connectivity index (χ3v) is 3.41. The molecule has 0 amide bonds. The van der Waals surface area contributed by atoms with Gasteiger partial charge in [0, 0.05) is 11.6 Å². The van der Waals surface area contributed by atoms with Crippen molar-refractivity contribution in [2.24, 2.45) is 4.99 Å². The average molecular weight is 232 g/mol. The molecule has 0 saturated carbocycles. The topological polar surface area (TPSA) is 17.3 Å². The summed E-state index contributed by atoms with van der Waals surface area (Å²) < 4.78 is 2.15. The second-order valence-corrected chi connectivity index (χ2v) is 4.54. The van der Waals surface area contributed by atoms with Crippen molar-refractivity contribution in [3.63, 3.8) is 0 Å². The average Bonchev–Trinajstić information content (AvgIpc) is 2.65. The largest absolute Gasteiger partial charge is 0.301 e. The highest BCUT2D eigenvalue weighted by atomic mass is 15.1. The molecule has 0 saturated heterocycles. The maximum Gasteiger partial charge on any atom is 0.138 e. The smallest absolute Gasteiger partial charge is 0.138 e. The summed E-state index contributed by atoms with van der Waals surface area (Å²) in [5.41, 5.74) is 3.47. The van der Waals surface area contributed by atoms with E-state index < -0.39 is 0 Å². The van der Waals surface area contributed by atoms with Gasteiger partial charge in [0.15, 0.2) is 0 Å². The van der Waals surface area contributed by atoms with Crippen molar-refractivity contribution >= 4 is 28.6 Å². The van der Waals surface area contributed by atoms with E-state index in [-0.39, 0.29) is 0 Å². The van der Waals surface area contributed by atoms with Crippen LogP contribution in [0.25, 0.3) is 17.1 Å². The van der Waals surface area contributed by atoms with E-state index in [0.717, 1.165) is 18.0 Å². The van der Waals surface area contributed by atoms with Crippen LogP contribution in [0.2, 0.25) is 0 Å². The Morgan fingerprint density at radius 2 is 2.06 bits per heavy atom. The van der Waals surface area contributed by atoms with Gasteiger partial charge in [0.25, 0.3) is 0 Å². The number of aromatic nitrogens is 1. The highest BCUT2D eigenvalue weighted by molar-refractivity contribution is 6.13. The fraction of sp³-hybridized carbons (Fsp3) is 0.0625. The fourth-order valence-electron chi connectivity index (χ4n) is 2.51. The van der Waals surface area contributed by atoms with Crippen molar-refractivity contribution < 1.29 is 0 Å². The van der Waals surface area contributed by atoms with Crippen molar-refractivity contribution in [3.8, 4) is 0 Å². The number of aliphatic imine (C=N–C) groups is 1. The number of hydrogen-bond donors (Lipinski definition) is 0. The monoisotopic (exact) mass is 232 g/mol. The van der Waals surface area contributed by atoms with E-state index in [1.165, 1.54) is 16.5 Å². The van der Waals surface area contributed by atoms with Gasteiger partial charge in [0.05, 0.1) is 11.2 Å². The Kier molecular flexibility index (Phi) is 1.92. The quantitative estimate of drug-likeness (QED) is 0.651. The number of para-hydroxylation sites is 1. The van der Waals surface area contributed by atoms with E-state index in [1.54, 1.807) is 0 Å². The Labute approximate surface area is 105 Å². The maximum absolute atomic E-state index is 4.76. The second-order valence-electron chi connectivity index (χ2n) is 4.54. The Balaban J connectivity index is 2.03. The second kappa shape index (κ2) is 3.57. The zero-order valence-electron chi connectivity index (χ0n) is 9.88. The standard InChI is InChI=1S/C16H12N2/c1-3-7-14-12(5-1)9-10-18-15-8-4-2-6-13(15)11-16(18)17-14/h2-11H,1H2. The van der Waals surface area contributed by atoms with Gasteiger partial charge >= 0.3 is 0 Å². The maximum atomic E-state index is 4.76. The van der Waals surface area contributed by atoms with Crippen LogP contribution in [0.15, 0.2) is 65.2 Å². The Bertz CT molecular complexity index is 754. The van der Waals surface area contributed by atoms with Crippen molar-refractivity contribution in [1.82, 2.24) is 4.57 Å². The van der Waals surface area contributed by atoms with Crippen LogP contribution in [0.4, 0.5) is 5.82 Å². The summed E-state index contributed by atoms with van der Waals surface area (Å²) in [6.07, 6.45) is 11.7. The SMILES string of the molecule is C1=CC2=Nc3cc4ccccc4n3C=CC2=CC1. The van der Waals surface area contributed by atoms with Crippen LogP contribution in [0.5, 0.6) is 0 Å². The molecule has 0 fully saturated rings. The molecule has 4 rings (SSSR count). The van der Waals surface area contributed by atoms with Crippen molar-refractivity contribution in [2.75, 3.05) is 0 Å². The lowest BCUT2D eigenvalue weighted by Gasteiger charge is -2.04. The summed E-state index contributed by atoms with van der Waals surface area (Å²) in [6, 6.07) is 10.5. The fourth-order valence-corrected chi connectivity index (χ4v) is 2.51. The molecule has 1 aromatic heterocycles. The zero-order valence-corrected chi connectivity index (χ0v) is 9.88. The van der Waals surface area contributed by atoms with Crippen LogP contribution in [-0.4, -0.2) is 10.3 Å².